The lowest BCUT2D eigenvalue weighted by molar-refractivity contribution is 0.171. The lowest BCUT2D eigenvalue weighted by Crippen LogP contribution is -2.36. The van der Waals surface area contributed by atoms with Crippen LogP contribution >= 0.6 is 0 Å². The first-order chi connectivity index (χ1) is 16.2. The molecule has 1 aromatic carbocycles. The van der Waals surface area contributed by atoms with Crippen molar-refractivity contribution in [1.82, 2.24) is 19.9 Å². The molecule has 2 aromatic heterocycles. The van der Waals surface area contributed by atoms with Gasteiger partial charge in [0, 0.05) is 11.5 Å². The highest BCUT2D eigenvalue weighted by Gasteiger charge is 2.29. The summed E-state index contributed by atoms with van der Waals surface area (Å²) < 4.78 is 7.61. The molecule has 0 radical (unpaired) electrons. The molecule has 9 heteroatoms. The Kier molecular flexibility index (Phi) is 6.45. The molecule has 1 aliphatic carbocycles. The van der Waals surface area contributed by atoms with E-state index in [9.17, 15) is 4.79 Å². The average molecular weight is 460 g/mol. The standard InChI is InChI=1S/C25H29N7O2/c1-25(2,3)21-12-23(29-15-28-21)31-24(33)30-19-9-10-20(18-7-5-4-6-17(18)19)34-16-8-11-22(27)32(13-16)14-26/h4-8,11-15,19-20,26-27H,9-10H2,1-3H3,(H2,28,29,30,31,33)/t19-,20+/m0/s1. The summed E-state index contributed by atoms with van der Waals surface area (Å²) in [5.41, 5.74) is 2.92. The van der Waals surface area contributed by atoms with E-state index in [-0.39, 0.29) is 29.1 Å². The molecule has 3 aromatic rings. The Morgan fingerprint density at radius 3 is 2.65 bits per heavy atom. The predicted octanol–water partition coefficient (Wildman–Crippen LogP) is 4.29. The summed E-state index contributed by atoms with van der Waals surface area (Å²) in [6.07, 6.45) is 5.38. The minimum atomic E-state index is -0.323. The van der Waals surface area contributed by atoms with E-state index in [1.165, 1.54) is 10.9 Å². The average Bonchev–Trinajstić information content (AvgIpc) is 2.81. The highest BCUT2D eigenvalue weighted by molar-refractivity contribution is 5.88. The molecule has 4 N–H and O–H groups in total. The number of rotatable bonds is 5. The Bertz CT molecular complexity index is 1260. The molecule has 9 nitrogen and oxygen atoms in total. The lowest BCUT2D eigenvalue weighted by atomic mass is 9.85. The highest BCUT2D eigenvalue weighted by atomic mass is 16.5. The van der Waals surface area contributed by atoms with Crippen molar-refractivity contribution in [1.29, 1.82) is 10.8 Å². The Morgan fingerprint density at radius 1 is 1.15 bits per heavy atom. The molecule has 0 bridgehead atoms. The third-order valence-corrected chi connectivity index (χ3v) is 5.79. The number of urea groups is 1. The van der Waals surface area contributed by atoms with Gasteiger partial charge in [0.25, 0.3) is 0 Å². The molecule has 0 saturated carbocycles. The summed E-state index contributed by atoms with van der Waals surface area (Å²) in [6.45, 7) is 6.17. The number of fused-ring (bicyclic) bond motifs is 1. The first kappa shape index (κ1) is 23.2. The van der Waals surface area contributed by atoms with Gasteiger partial charge in [-0.1, -0.05) is 45.0 Å². The minimum absolute atomic E-state index is 0.147. The fourth-order valence-electron chi connectivity index (χ4n) is 4.01. The number of carbonyl (C=O) groups is 1. The van der Waals surface area contributed by atoms with Gasteiger partial charge < -0.3 is 10.1 Å². The van der Waals surface area contributed by atoms with Gasteiger partial charge in [-0.05, 0) is 36.1 Å². The largest absolute Gasteiger partial charge is 0.484 e. The van der Waals surface area contributed by atoms with Crippen LogP contribution in [0.1, 0.15) is 62.6 Å². The number of anilines is 1. The van der Waals surface area contributed by atoms with Crippen LogP contribution in [0.3, 0.4) is 0 Å². The molecular weight excluding hydrogens is 430 g/mol. The van der Waals surface area contributed by atoms with Gasteiger partial charge in [-0.2, -0.15) is 0 Å². The molecule has 4 rings (SSSR count). The number of amides is 2. The van der Waals surface area contributed by atoms with Crippen LogP contribution in [0.5, 0.6) is 5.75 Å². The number of nitrogens with one attached hydrogen (secondary N) is 4. The van der Waals surface area contributed by atoms with Crippen LogP contribution < -0.4 is 20.9 Å². The van der Waals surface area contributed by atoms with Crippen LogP contribution in [0.25, 0.3) is 0 Å². The fraction of sp³-hybridized carbons (Fsp3) is 0.320. The van der Waals surface area contributed by atoms with Crippen molar-refractivity contribution in [2.75, 3.05) is 5.32 Å². The van der Waals surface area contributed by atoms with E-state index in [0.29, 0.717) is 24.4 Å². The Balaban J connectivity index is 1.48. The number of hydrogen-bond donors (Lipinski definition) is 4. The van der Waals surface area contributed by atoms with Crippen molar-refractivity contribution >= 4 is 18.2 Å². The molecule has 0 fully saturated rings. The van der Waals surface area contributed by atoms with Crippen molar-refractivity contribution in [2.45, 2.75) is 51.2 Å². The number of benzene rings is 1. The number of aromatic nitrogens is 3. The normalized spacial score (nSPS) is 17.4. The summed E-state index contributed by atoms with van der Waals surface area (Å²) >= 11 is 0. The SMILES string of the molecule is CC(C)(C)c1cc(NC(=O)N[C@H]2CC[C@@H](Oc3ccc(=N)n(C=N)c3)c3ccccc32)ncn1. The molecule has 176 valence electrons. The summed E-state index contributed by atoms with van der Waals surface area (Å²) in [6, 6.07) is 12.6. The van der Waals surface area contributed by atoms with Crippen LogP contribution in [0.4, 0.5) is 10.6 Å². The highest BCUT2D eigenvalue weighted by Crippen LogP contribution is 2.38. The second-order valence-electron chi connectivity index (χ2n) is 9.29. The van der Waals surface area contributed by atoms with Gasteiger partial charge in [0.2, 0.25) is 0 Å². The maximum Gasteiger partial charge on any atom is 0.320 e. The van der Waals surface area contributed by atoms with Gasteiger partial charge in [-0.15, -0.1) is 0 Å². The van der Waals surface area contributed by atoms with Crippen LogP contribution in [0.2, 0.25) is 0 Å². The summed E-state index contributed by atoms with van der Waals surface area (Å²) in [5.74, 6) is 1.04. The van der Waals surface area contributed by atoms with E-state index in [0.717, 1.165) is 23.2 Å². The fourth-order valence-corrected chi connectivity index (χ4v) is 4.01. The third kappa shape index (κ3) is 5.14. The summed E-state index contributed by atoms with van der Waals surface area (Å²) in [4.78, 5) is 21.2. The number of ether oxygens (including phenoxy) is 1. The van der Waals surface area contributed by atoms with Crippen LogP contribution in [-0.4, -0.2) is 26.9 Å². The Labute approximate surface area is 198 Å². The smallest absolute Gasteiger partial charge is 0.320 e. The minimum Gasteiger partial charge on any atom is -0.484 e. The van der Waals surface area contributed by atoms with Crippen LogP contribution in [-0.2, 0) is 5.41 Å². The number of hydrogen-bond acceptors (Lipinski definition) is 6. The second-order valence-corrected chi connectivity index (χ2v) is 9.29. The molecule has 2 atom stereocenters. The van der Waals surface area contributed by atoms with E-state index in [1.807, 2.05) is 24.3 Å². The number of nitrogens with zero attached hydrogens (tertiary/aromatic N) is 3. The van der Waals surface area contributed by atoms with Crippen molar-refractivity contribution in [3.63, 3.8) is 0 Å². The molecule has 0 saturated heterocycles. The van der Waals surface area contributed by atoms with Gasteiger partial charge in [-0.25, -0.2) is 14.8 Å². The molecule has 0 unspecified atom stereocenters. The van der Waals surface area contributed by atoms with Gasteiger partial charge in [0.15, 0.2) is 0 Å². The van der Waals surface area contributed by atoms with E-state index in [1.54, 1.807) is 24.4 Å². The molecule has 34 heavy (non-hydrogen) atoms. The van der Waals surface area contributed by atoms with Crippen molar-refractivity contribution in [3.8, 4) is 5.75 Å². The summed E-state index contributed by atoms with van der Waals surface area (Å²) in [5, 5.41) is 21.2. The third-order valence-electron chi connectivity index (χ3n) is 5.79. The van der Waals surface area contributed by atoms with Crippen molar-refractivity contribution in [2.24, 2.45) is 0 Å². The molecular formula is C25H29N7O2. The quantitative estimate of drug-likeness (QED) is 0.335. The lowest BCUT2D eigenvalue weighted by Gasteiger charge is -2.32. The maximum absolute atomic E-state index is 12.8. The number of carbonyl (C=O) groups excluding carboxylic acids is 1. The zero-order chi connectivity index (χ0) is 24.3. The zero-order valence-corrected chi connectivity index (χ0v) is 19.5. The van der Waals surface area contributed by atoms with Gasteiger partial charge in [0.1, 0.15) is 29.5 Å². The number of pyridine rings is 1. The van der Waals surface area contributed by atoms with Crippen LogP contribution in [0, 0.1) is 10.8 Å². The van der Waals surface area contributed by atoms with Gasteiger partial charge in [-0.3, -0.25) is 20.7 Å². The summed E-state index contributed by atoms with van der Waals surface area (Å²) in [7, 11) is 0. The van der Waals surface area contributed by atoms with E-state index in [4.69, 9.17) is 15.6 Å². The predicted molar refractivity (Wildman–Crippen MR) is 129 cm³/mol. The van der Waals surface area contributed by atoms with E-state index < -0.39 is 0 Å². The molecule has 1 aliphatic rings. The molecule has 0 spiro atoms. The topological polar surface area (TPSA) is 129 Å². The van der Waals surface area contributed by atoms with E-state index in [2.05, 4.69) is 41.4 Å². The second kappa shape index (κ2) is 9.46. The Morgan fingerprint density at radius 2 is 1.91 bits per heavy atom. The van der Waals surface area contributed by atoms with Crippen LogP contribution in [0.15, 0.2) is 55.0 Å². The molecule has 0 aliphatic heterocycles. The first-order valence-corrected chi connectivity index (χ1v) is 11.2. The molecule has 2 heterocycles. The zero-order valence-electron chi connectivity index (χ0n) is 19.5. The van der Waals surface area contributed by atoms with Gasteiger partial charge in [0.05, 0.1) is 24.3 Å². The van der Waals surface area contributed by atoms with Gasteiger partial charge >= 0.3 is 6.03 Å². The first-order valence-electron chi connectivity index (χ1n) is 11.2. The molecule has 2 amide bonds. The Hall–Kier alpha value is -4.01. The van der Waals surface area contributed by atoms with Crippen molar-refractivity contribution in [3.05, 3.63) is 77.3 Å². The van der Waals surface area contributed by atoms with E-state index >= 15 is 0 Å². The van der Waals surface area contributed by atoms with Crippen molar-refractivity contribution < 1.29 is 9.53 Å². The monoisotopic (exact) mass is 459 g/mol. The maximum atomic E-state index is 12.8.